The van der Waals surface area contributed by atoms with E-state index in [2.05, 4.69) is 12.1 Å². The van der Waals surface area contributed by atoms with Gasteiger partial charge in [-0.05, 0) is 193 Å². The molecule has 0 heterocycles. The van der Waals surface area contributed by atoms with Gasteiger partial charge in [-0.1, -0.05) is 36.4 Å². The summed E-state index contributed by atoms with van der Waals surface area (Å²) in [6.07, 6.45) is 0. The van der Waals surface area contributed by atoms with E-state index < -0.39 is 9.84 Å². The maximum absolute atomic E-state index is 13.6. The lowest BCUT2D eigenvalue weighted by Crippen LogP contribution is -2.01. The van der Waals surface area contributed by atoms with Crippen LogP contribution in [0.2, 0.25) is 0 Å². The zero-order chi connectivity index (χ0) is 38.1. The molecule has 0 unspecified atom stereocenters. The third-order valence-electron chi connectivity index (χ3n) is 9.17. The quantitative estimate of drug-likeness (QED) is 0.139. The lowest BCUT2D eigenvalue weighted by atomic mass is 10.1. The van der Waals surface area contributed by atoms with Crippen LogP contribution in [-0.4, -0.2) is 8.42 Å². The Hall–Kier alpha value is -6.57. The second-order valence-electron chi connectivity index (χ2n) is 13.8. The van der Waals surface area contributed by atoms with E-state index in [1.165, 1.54) is 0 Å². The maximum atomic E-state index is 13.6. The molecule has 0 saturated carbocycles. The molecular formula is C48H38O6S. The second kappa shape index (κ2) is 14.7. The Balaban J connectivity index is 0.929. The molecule has 0 bridgehead atoms. The highest BCUT2D eigenvalue weighted by Crippen LogP contribution is 2.34. The molecule has 8 rings (SSSR count). The van der Waals surface area contributed by atoms with Crippen molar-refractivity contribution in [3.05, 3.63) is 180 Å². The number of benzene rings is 8. The Kier molecular flexibility index (Phi) is 9.47. The predicted octanol–water partition coefficient (Wildman–Crippen LogP) is 13.2. The number of sulfone groups is 1. The summed E-state index contributed by atoms with van der Waals surface area (Å²) in [4.78, 5) is 0.321. The second-order valence-corrected chi connectivity index (χ2v) is 15.8. The first-order chi connectivity index (χ1) is 26.5. The minimum Gasteiger partial charge on any atom is -0.457 e. The van der Waals surface area contributed by atoms with E-state index in [1.807, 2.05) is 125 Å². The minimum absolute atomic E-state index is 0.161. The van der Waals surface area contributed by atoms with Crippen molar-refractivity contribution in [3.8, 4) is 46.0 Å². The molecule has 0 amide bonds. The van der Waals surface area contributed by atoms with Crippen molar-refractivity contribution in [1.82, 2.24) is 0 Å². The monoisotopic (exact) mass is 742 g/mol. The fourth-order valence-electron chi connectivity index (χ4n) is 6.70. The van der Waals surface area contributed by atoms with Crippen molar-refractivity contribution in [2.24, 2.45) is 0 Å². The van der Waals surface area contributed by atoms with Crippen molar-refractivity contribution in [2.45, 2.75) is 37.5 Å². The largest absolute Gasteiger partial charge is 0.457 e. The smallest absolute Gasteiger partial charge is 0.206 e. The molecule has 0 atom stereocenters. The zero-order valence-electron chi connectivity index (χ0n) is 30.9. The fraction of sp³-hybridized carbons (Fsp3) is 0.0833. The summed E-state index contributed by atoms with van der Waals surface area (Å²) in [6.45, 7) is 8.19. The highest BCUT2D eigenvalue weighted by Gasteiger charge is 2.18. The summed E-state index contributed by atoms with van der Waals surface area (Å²) in [5.41, 5.74) is 4.56. The van der Waals surface area contributed by atoms with E-state index in [-0.39, 0.29) is 9.79 Å². The van der Waals surface area contributed by atoms with E-state index in [0.717, 1.165) is 66.8 Å². The summed E-state index contributed by atoms with van der Waals surface area (Å²) in [5, 5.41) is 4.01. The lowest BCUT2D eigenvalue weighted by Gasteiger charge is -2.11. The molecule has 8 aromatic carbocycles. The third-order valence-corrected chi connectivity index (χ3v) is 11.0. The van der Waals surface area contributed by atoms with Gasteiger partial charge in [0, 0.05) is 0 Å². The Bertz CT molecular complexity index is 2580. The first-order valence-corrected chi connectivity index (χ1v) is 19.4. The topological polar surface area (TPSA) is 71.1 Å². The van der Waals surface area contributed by atoms with Crippen molar-refractivity contribution >= 4 is 31.4 Å². The van der Waals surface area contributed by atoms with Crippen LogP contribution < -0.4 is 18.9 Å². The molecule has 8 aromatic rings. The summed E-state index contributed by atoms with van der Waals surface area (Å²) in [7, 11) is -3.79. The number of fused-ring (bicyclic) bond motifs is 2. The average Bonchev–Trinajstić information content (AvgIpc) is 3.14. The van der Waals surface area contributed by atoms with E-state index in [0.29, 0.717) is 23.0 Å². The molecule has 0 N–H and O–H groups in total. The van der Waals surface area contributed by atoms with Crippen molar-refractivity contribution in [2.75, 3.05) is 0 Å². The van der Waals surface area contributed by atoms with Gasteiger partial charge in [0.25, 0.3) is 0 Å². The highest BCUT2D eigenvalue weighted by atomic mass is 32.2. The molecule has 0 aliphatic carbocycles. The van der Waals surface area contributed by atoms with Crippen molar-refractivity contribution in [3.63, 3.8) is 0 Å². The lowest BCUT2D eigenvalue weighted by molar-refractivity contribution is 0.480. The average molecular weight is 743 g/mol. The molecule has 0 aromatic heterocycles. The maximum Gasteiger partial charge on any atom is 0.206 e. The van der Waals surface area contributed by atoms with E-state index in [1.54, 1.807) is 48.5 Å². The standard InChI is InChI=1S/C48H38O6S/c1-31-21-32(2)24-45(23-31)53-43-11-7-35-5-9-41(27-37(35)29-43)51-39-13-17-47(18-14-39)55(49,50)48-19-15-40(16-20-48)52-42-10-6-36-8-12-44(30-38(36)28-42)54-46-25-33(3)22-34(4)26-46/h5-30H,1-4H3. The number of ether oxygens (including phenoxy) is 4. The molecule has 7 heteroatoms. The molecule has 0 saturated heterocycles. The third kappa shape index (κ3) is 8.17. The van der Waals surface area contributed by atoms with Crippen LogP contribution in [0.5, 0.6) is 46.0 Å². The fourth-order valence-corrected chi connectivity index (χ4v) is 7.96. The summed E-state index contributed by atoms with van der Waals surface area (Å²) >= 11 is 0. The zero-order valence-corrected chi connectivity index (χ0v) is 31.7. The molecule has 272 valence electrons. The SMILES string of the molecule is Cc1cc(C)cc(Oc2ccc3ccc(Oc4ccc(S(=O)(=O)c5ccc(Oc6ccc7ccc(Oc8cc(C)cc(C)c8)cc7c6)cc5)cc4)cc3c2)c1. The molecule has 0 aliphatic heterocycles. The number of aryl methyl sites for hydroxylation is 4. The number of hydrogen-bond acceptors (Lipinski definition) is 6. The molecule has 6 nitrogen and oxygen atoms in total. The van der Waals surface area contributed by atoms with Crippen LogP contribution in [0, 0.1) is 27.7 Å². The van der Waals surface area contributed by atoms with Gasteiger partial charge in [-0.3, -0.25) is 0 Å². The highest BCUT2D eigenvalue weighted by molar-refractivity contribution is 7.91. The van der Waals surface area contributed by atoms with Crippen LogP contribution in [0.1, 0.15) is 22.3 Å². The predicted molar refractivity (Wildman–Crippen MR) is 218 cm³/mol. The van der Waals surface area contributed by atoms with Crippen LogP contribution in [0.3, 0.4) is 0 Å². The number of hydrogen-bond donors (Lipinski definition) is 0. The molecular weight excluding hydrogens is 705 g/mol. The minimum atomic E-state index is -3.79. The molecule has 0 fully saturated rings. The van der Waals surface area contributed by atoms with Gasteiger partial charge in [0.2, 0.25) is 9.84 Å². The van der Waals surface area contributed by atoms with Crippen molar-refractivity contribution in [1.29, 1.82) is 0 Å². The van der Waals surface area contributed by atoms with Crippen molar-refractivity contribution < 1.29 is 27.4 Å². The Morgan fingerprint density at radius 3 is 0.873 bits per heavy atom. The Labute approximate surface area is 321 Å². The molecule has 0 aliphatic rings. The van der Waals surface area contributed by atoms with Crippen LogP contribution in [0.4, 0.5) is 0 Å². The van der Waals surface area contributed by atoms with Gasteiger partial charge in [0.05, 0.1) is 9.79 Å². The van der Waals surface area contributed by atoms with Crippen LogP contribution in [-0.2, 0) is 9.84 Å². The van der Waals surface area contributed by atoms with E-state index in [4.69, 9.17) is 18.9 Å². The Morgan fingerprint density at radius 1 is 0.291 bits per heavy atom. The van der Waals surface area contributed by atoms with Gasteiger partial charge in [0.15, 0.2) is 0 Å². The van der Waals surface area contributed by atoms with Gasteiger partial charge in [0.1, 0.15) is 46.0 Å². The van der Waals surface area contributed by atoms with Crippen LogP contribution >= 0.6 is 0 Å². The molecule has 0 radical (unpaired) electrons. The summed E-state index contributed by atoms with van der Waals surface area (Å²) < 4.78 is 51.7. The van der Waals surface area contributed by atoms with Gasteiger partial charge in [-0.15, -0.1) is 0 Å². The van der Waals surface area contributed by atoms with Gasteiger partial charge in [-0.2, -0.15) is 0 Å². The first-order valence-electron chi connectivity index (χ1n) is 17.9. The van der Waals surface area contributed by atoms with Gasteiger partial charge in [-0.25, -0.2) is 8.42 Å². The normalized spacial score (nSPS) is 11.4. The van der Waals surface area contributed by atoms with Gasteiger partial charge >= 0.3 is 0 Å². The summed E-state index contributed by atoms with van der Waals surface area (Å²) in [6, 6.07) is 48.6. The summed E-state index contributed by atoms with van der Waals surface area (Å²) in [5.74, 6) is 5.32. The van der Waals surface area contributed by atoms with Crippen LogP contribution in [0.15, 0.2) is 168 Å². The molecule has 0 spiro atoms. The van der Waals surface area contributed by atoms with E-state index >= 15 is 0 Å². The molecule has 55 heavy (non-hydrogen) atoms. The first kappa shape index (κ1) is 35.5. The van der Waals surface area contributed by atoms with Gasteiger partial charge < -0.3 is 18.9 Å². The number of rotatable bonds is 10. The van der Waals surface area contributed by atoms with Crippen LogP contribution in [0.25, 0.3) is 21.5 Å². The van der Waals surface area contributed by atoms with E-state index in [9.17, 15) is 8.42 Å². The Morgan fingerprint density at radius 2 is 0.564 bits per heavy atom.